The van der Waals surface area contributed by atoms with Gasteiger partial charge in [-0.1, -0.05) is 0 Å². The number of likely N-dealkylation sites (N-methyl/N-ethyl adjacent to an activating group) is 1. The molecule has 0 spiro atoms. The summed E-state index contributed by atoms with van der Waals surface area (Å²) < 4.78 is 2.69. The maximum absolute atomic E-state index is 5.37. The second-order valence-corrected chi connectivity index (χ2v) is 6.12. The van der Waals surface area contributed by atoms with Crippen molar-refractivity contribution in [3.63, 3.8) is 0 Å². The van der Waals surface area contributed by atoms with Crippen LogP contribution in [0.2, 0.25) is 0 Å². The molecule has 0 atom stereocenters. The minimum atomic E-state index is 0.348. The van der Waals surface area contributed by atoms with Crippen LogP contribution >= 0.6 is 0 Å². The number of rotatable bonds is 5. The van der Waals surface area contributed by atoms with E-state index < -0.39 is 0 Å². The molecule has 5 N–H and O–H groups in total. The first-order valence-electron chi connectivity index (χ1n) is 6.84. The van der Waals surface area contributed by atoms with Crippen LogP contribution in [-0.4, -0.2) is 74.3 Å². The Kier molecular flexibility index (Phi) is 3.58. The van der Waals surface area contributed by atoms with E-state index in [0.717, 1.165) is 6.54 Å². The van der Waals surface area contributed by atoms with Gasteiger partial charge in [0.25, 0.3) is 0 Å². The first-order valence-corrected chi connectivity index (χ1v) is 6.84. The van der Waals surface area contributed by atoms with E-state index in [-0.39, 0.29) is 0 Å². The number of fused-ring (bicyclic) bond motifs is 3. The molecule has 0 radical (unpaired) electrons. The van der Waals surface area contributed by atoms with E-state index in [1.165, 1.54) is 67.6 Å². The third-order valence-corrected chi connectivity index (χ3v) is 4.73. The smallest absolute Gasteiger partial charge is 0.312 e. The van der Waals surface area contributed by atoms with Crippen molar-refractivity contribution in [1.82, 2.24) is 0 Å². The predicted octanol–water partition coefficient (Wildman–Crippen LogP) is -2.59. The number of nitrogens with two attached hydrogens (primary N) is 2. The summed E-state index contributed by atoms with van der Waals surface area (Å²) >= 11 is 0. The van der Waals surface area contributed by atoms with Crippen LogP contribution in [0.1, 0.15) is 12.8 Å². The summed E-state index contributed by atoms with van der Waals surface area (Å²) in [5.41, 5.74) is 10.7. The van der Waals surface area contributed by atoms with Gasteiger partial charge in [-0.05, 0) is 12.8 Å². The molecule has 98 valence electrons. The number of nitrogens with one attached hydrogen (secondary N) is 1. The zero-order valence-electron chi connectivity index (χ0n) is 11.1. The molecule has 17 heavy (non-hydrogen) atoms. The Labute approximate surface area is 104 Å². The normalized spacial score (nSPS) is 35.8. The summed E-state index contributed by atoms with van der Waals surface area (Å²) in [6.07, 6.45) is 2.45. The van der Waals surface area contributed by atoms with Crippen molar-refractivity contribution < 1.29 is 14.0 Å². The van der Waals surface area contributed by atoms with Crippen LogP contribution in [0, 0.1) is 0 Å². The fraction of sp³-hybridized carbons (Fsp3) is 0.917. The molecule has 0 aromatic rings. The van der Waals surface area contributed by atoms with Gasteiger partial charge in [-0.3, -0.25) is 16.5 Å². The van der Waals surface area contributed by atoms with E-state index in [2.05, 4.69) is 12.0 Å². The molecule has 3 fully saturated rings. The Morgan fingerprint density at radius 1 is 1.00 bits per heavy atom. The lowest BCUT2D eigenvalue weighted by molar-refractivity contribution is -1.07. The number of nitrogens with zero attached hydrogens (tertiary/aromatic N) is 2. The number of unbranched alkanes of at least 4 members (excludes halogenated alkanes) is 1. The van der Waals surface area contributed by atoms with E-state index in [1.807, 2.05) is 0 Å². The molecule has 0 unspecified atom stereocenters. The van der Waals surface area contributed by atoms with Crippen molar-refractivity contribution in [2.75, 3.05) is 59.4 Å². The molecule has 3 rings (SSSR count). The summed E-state index contributed by atoms with van der Waals surface area (Å²) in [6, 6.07) is 0. The molecule has 0 aromatic heterocycles. The highest BCUT2D eigenvalue weighted by molar-refractivity contribution is 5.69. The van der Waals surface area contributed by atoms with Gasteiger partial charge >= 0.3 is 5.96 Å². The SMILES string of the molecule is C[N+]12CC[N+](CCCC[NH+]=C(N)N)(CC1)CC2. The standard InChI is InChI=1S/C12H27N5/c1-16-6-9-17(10-7-16,11-8-16)5-3-2-4-15-12(13)14/h2-11H2,1H3,(H4,13,14,15)/q+2/p+1. The van der Waals surface area contributed by atoms with Gasteiger partial charge in [-0.25, -0.2) is 0 Å². The Morgan fingerprint density at radius 2 is 1.59 bits per heavy atom. The average molecular weight is 242 g/mol. The zero-order chi connectivity index (χ0) is 12.4. The van der Waals surface area contributed by atoms with E-state index in [9.17, 15) is 0 Å². The van der Waals surface area contributed by atoms with E-state index in [1.54, 1.807) is 0 Å². The molecule has 5 heteroatoms. The van der Waals surface area contributed by atoms with E-state index in [4.69, 9.17) is 11.5 Å². The van der Waals surface area contributed by atoms with Crippen molar-refractivity contribution in [1.29, 1.82) is 0 Å². The lowest BCUT2D eigenvalue weighted by Crippen LogP contribution is -2.78. The summed E-state index contributed by atoms with van der Waals surface area (Å²) in [5, 5.41) is 0. The van der Waals surface area contributed by atoms with Crippen molar-refractivity contribution in [2.45, 2.75) is 12.8 Å². The van der Waals surface area contributed by atoms with E-state index >= 15 is 0 Å². The third-order valence-electron chi connectivity index (χ3n) is 4.73. The highest BCUT2D eigenvalue weighted by atomic mass is 15.5. The summed E-state index contributed by atoms with van der Waals surface area (Å²) in [6.45, 7) is 10.5. The first-order chi connectivity index (χ1) is 8.04. The molecule has 5 nitrogen and oxygen atoms in total. The lowest BCUT2D eigenvalue weighted by atomic mass is 10.1. The largest absolute Gasteiger partial charge is 0.338 e. The fourth-order valence-electron chi connectivity index (χ4n) is 3.17. The number of guanidine groups is 1. The van der Waals surface area contributed by atoms with Crippen molar-refractivity contribution in [3.8, 4) is 0 Å². The Hall–Kier alpha value is -0.810. The molecule has 2 bridgehead atoms. The number of quaternary nitrogens is 2. The second-order valence-electron chi connectivity index (χ2n) is 6.12. The lowest BCUT2D eigenvalue weighted by Gasteiger charge is -2.54. The monoisotopic (exact) mass is 242 g/mol. The van der Waals surface area contributed by atoms with Gasteiger partial charge in [0.15, 0.2) is 0 Å². The molecule has 0 saturated carbocycles. The topological polar surface area (TPSA) is 66.0 Å². The van der Waals surface area contributed by atoms with Crippen molar-refractivity contribution in [3.05, 3.63) is 0 Å². The number of hydrogen-bond acceptors (Lipinski definition) is 0. The molecule has 0 aliphatic carbocycles. The van der Waals surface area contributed by atoms with Gasteiger partial charge in [0.2, 0.25) is 0 Å². The Bertz CT molecular complexity index is 271. The minimum Gasteiger partial charge on any atom is -0.312 e. The van der Waals surface area contributed by atoms with Crippen LogP contribution in [0.15, 0.2) is 0 Å². The van der Waals surface area contributed by atoms with Crippen LogP contribution in [0.25, 0.3) is 0 Å². The van der Waals surface area contributed by atoms with Crippen molar-refractivity contribution in [2.24, 2.45) is 11.5 Å². The highest BCUT2D eigenvalue weighted by Gasteiger charge is 2.45. The van der Waals surface area contributed by atoms with Gasteiger partial charge in [0.1, 0.15) is 39.3 Å². The molecular weight excluding hydrogens is 214 g/mol. The maximum atomic E-state index is 5.37. The minimum absolute atomic E-state index is 0.348. The van der Waals surface area contributed by atoms with Crippen LogP contribution in [0.4, 0.5) is 0 Å². The van der Waals surface area contributed by atoms with Gasteiger partial charge in [-0.15, -0.1) is 0 Å². The second kappa shape index (κ2) is 4.82. The summed E-state index contributed by atoms with van der Waals surface area (Å²) in [4.78, 5) is 2.99. The first kappa shape index (κ1) is 12.6. The van der Waals surface area contributed by atoms with E-state index in [0.29, 0.717) is 5.96 Å². The number of piperazine rings is 3. The van der Waals surface area contributed by atoms with Gasteiger partial charge in [0.05, 0.1) is 20.1 Å². The van der Waals surface area contributed by atoms with Crippen LogP contribution in [0.3, 0.4) is 0 Å². The molecule has 3 aliphatic rings. The zero-order valence-corrected chi connectivity index (χ0v) is 11.1. The Balaban J connectivity index is 1.71. The molecule has 0 amide bonds. The van der Waals surface area contributed by atoms with Crippen LogP contribution in [-0.2, 0) is 0 Å². The quantitative estimate of drug-likeness (QED) is 0.214. The maximum Gasteiger partial charge on any atom is 0.338 e. The van der Waals surface area contributed by atoms with Crippen LogP contribution in [0.5, 0.6) is 0 Å². The van der Waals surface area contributed by atoms with Crippen molar-refractivity contribution >= 4 is 5.96 Å². The van der Waals surface area contributed by atoms with Gasteiger partial charge in [0, 0.05) is 0 Å². The fourth-order valence-corrected chi connectivity index (χ4v) is 3.17. The highest BCUT2D eigenvalue weighted by Crippen LogP contribution is 2.24. The molecule has 3 saturated heterocycles. The Morgan fingerprint density at radius 3 is 2.12 bits per heavy atom. The molecular formula is C12H28N5+3. The average Bonchev–Trinajstić information content (AvgIpc) is 2.30. The van der Waals surface area contributed by atoms with Gasteiger partial charge in [-0.2, -0.15) is 0 Å². The molecule has 3 aliphatic heterocycles. The molecule has 0 aromatic carbocycles. The number of hydrogen-bond donors (Lipinski definition) is 3. The summed E-state index contributed by atoms with van der Waals surface area (Å²) in [7, 11) is 2.41. The summed E-state index contributed by atoms with van der Waals surface area (Å²) in [5.74, 6) is 0.348. The van der Waals surface area contributed by atoms with Crippen LogP contribution < -0.4 is 16.5 Å². The van der Waals surface area contributed by atoms with Gasteiger partial charge < -0.3 is 8.97 Å². The third kappa shape index (κ3) is 3.10. The predicted molar refractivity (Wildman–Crippen MR) is 69.0 cm³/mol. The molecule has 3 heterocycles.